The van der Waals surface area contributed by atoms with Crippen LogP contribution in [0.4, 0.5) is 0 Å². The van der Waals surface area contributed by atoms with E-state index in [0.717, 1.165) is 61.0 Å². The molecule has 0 saturated carbocycles. The first-order chi connectivity index (χ1) is 24.8. The van der Waals surface area contributed by atoms with Crippen molar-refractivity contribution in [3.8, 4) is 67.2 Å². The molecule has 0 N–H and O–H groups in total. The van der Waals surface area contributed by atoms with E-state index in [1.807, 2.05) is 6.07 Å². The highest BCUT2D eigenvalue weighted by Crippen LogP contribution is 2.37. The van der Waals surface area contributed by atoms with Gasteiger partial charge in [0.15, 0.2) is 5.82 Å². The molecule has 0 atom stereocenters. The molecule has 0 aliphatic heterocycles. The van der Waals surface area contributed by atoms with E-state index < -0.39 is 0 Å². The van der Waals surface area contributed by atoms with Crippen LogP contribution in [0.1, 0.15) is 0 Å². The molecule has 9 aromatic rings. The summed E-state index contributed by atoms with van der Waals surface area (Å²) < 4.78 is 0. The number of rotatable bonds is 6. The Morgan fingerprint density at radius 2 is 0.780 bits per heavy atom. The van der Waals surface area contributed by atoms with Crippen molar-refractivity contribution in [1.82, 2.24) is 9.97 Å². The van der Waals surface area contributed by atoms with Crippen LogP contribution in [0.2, 0.25) is 0 Å². The molecule has 2 nitrogen and oxygen atoms in total. The molecule has 0 radical (unpaired) electrons. The predicted octanol–water partition coefficient (Wildman–Crippen LogP) is 12.8. The Kier molecular flexibility index (Phi) is 7.53. The maximum atomic E-state index is 5.31. The van der Waals surface area contributed by atoms with E-state index in [2.05, 4.69) is 188 Å². The van der Waals surface area contributed by atoms with Crippen LogP contribution < -0.4 is 0 Å². The van der Waals surface area contributed by atoms with Crippen molar-refractivity contribution in [2.45, 2.75) is 0 Å². The fourth-order valence-electron chi connectivity index (χ4n) is 6.96. The first kappa shape index (κ1) is 29.5. The van der Waals surface area contributed by atoms with Gasteiger partial charge in [-0.25, -0.2) is 9.97 Å². The van der Waals surface area contributed by atoms with Crippen molar-refractivity contribution in [2.24, 2.45) is 0 Å². The quantitative estimate of drug-likeness (QED) is 0.170. The summed E-state index contributed by atoms with van der Waals surface area (Å²) in [6, 6.07) is 68.7. The smallest absolute Gasteiger partial charge is 0.161 e. The number of hydrogen-bond acceptors (Lipinski definition) is 2. The van der Waals surface area contributed by atoms with E-state index in [0.29, 0.717) is 0 Å². The average Bonchev–Trinajstić information content (AvgIpc) is 3.21. The summed E-state index contributed by atoms with van der Waals surface area (Å²) in [7, 11) is 0. The average molecular weight is 637 g/mol. The molecule has 0 spiro atoms. The summed E-state index contributed by atoms with van der Waals surface area (Å²) >= 11 is 0. The van der Waals surface area contributed by atoms with Crippen molar-refractivity contribution >= 4 is 21.7 Å². The molecule has 234 valence electrons. The molecule has 1 aromatic heterocycles. The van der Waals surface area contributed by atoms with Gasteiger partial charge in [0.1, 0.15) is 0 Å². The second-order valence-corrected chi connectivity index (χ2v) is 12.6. The van der Waals surface area contributed by atoms with Gasteiger partial charge in [0, 0.05) is 21.9 Å². The van der Waals surface area contributed by atoms with Crippen molar-refractivity contribution in [3.63, 3.8) is 0 Å². The number of hydrogen-bond donors (Lipinski definition) is 0. The summed E-state index contributed by atoms with van der Waals surface area (Å²) in [5.74, 6) is 0.720. The zero-order valence-corrected chi connectivity index (χ0v) is 27.4. The first-order valence-corrected chi connectivity index (χ1v) is 17.0. The number of benzene rings is 8. The number of aromatic nitrogens is 2. The SMILES string of the molecule is c1ccc(-c2cccc(-c3cccc(-c4ccc(-c5nc(-c6ccccc6-c6ccccc6)nc6c5ccc5ccccc56)cc4)c3)c2)cc1. The lowest BCUT2D eigenvalue weighted by Gasteiger charge is -2.14. The van der Waals surface area contributed by atoms with E-state index in [1.54, 1.807) is 0 Å². The minimum atomic E-state index is 0.720. The molecule has 50 heavy (non-hydrogen) atoms. The van der Waals surface area contributed by atoms with Crippen LogP contribution in [-0.4, -0.2) is 9.97 Å². The monoisotopic (exact) mass is 636 g/mol. The van der Waals surface area contributed by atoms with Gasteiger partial charge in [-0.3, -0.25) is 0 Å². The topological polar surface area (TPSA) is 25.8 Å². The standard InChI is InChI=1S/C48H32N2/c1-3-13-33(14-4-1)38-18-11-20-40(31-38)41-21-12-19-39(32-41)34-25-27-37(28-26-34)46-45-30-29-36-17-7-8-23-43(36)47(45)50-48(49-46)44-24-10-9-22-42(44)35-15-5-2-6-16-35/h1-32H. The van der Waals surface area contributed by atoms with Gasteiger partial charge < -0.3 is 0 Å². The van der Waals surface area contributed by atoms with E-state index in [9.17, 15) is 0 Å². The molecular weight excluding hydrogens is 605 g/mol. The molecule has 8 aromatic carbocycles. The Morgan fingerprint density at radius 1 is 0.280 bits per heavy atom. The lowest BCUT2D eigenvalue weighted by atomic mass is 9.95. The third-order valence-corrected chi connectivity index (χ3v) is 9.50. The number of nitrogens with zero attached hydrogens (tertiary/aromatic N) is 2. The van der Waals surface area contributed by atoms with Gasteiger partial charge in [-0.1, -0.05) is 176 Å². The molecule has 0 aliphatic rings. The zero-order valence-electron chi connectivity index (χ0n) is 27.4. The predicted molar refractivity (Wildman–Crippen MR) is 210 cm³/mol. The zero-order chi connectivity index (χ0) is 33.3. The van der Waals surface area contributed by atoms with Crippen molar-refractivity contribution in [3.05, 3.63) is 194 Å². The molecule has 0 fully saturated rings. The van der Waals surface area contributed by atoms with Gasteiger partial charge >= 0.3 is 0 Å². The Labute approximate surface area is 292 Å². The Morgan fingerprint density at radius 3 is 1.46 bits per heavy atom. The summed E-state index contributed by atoms with van der Waals surface area (Å²) in [5.41, 5.74) is 13.4. The van der Waals surface area contributed by atoms with Crippen molar-refractivity contribution < 1.29 is 0 Å². The van der Waals surface area contributed by atoms with Gasteiger partial charge in [0.25, 0.3) is 0 Å². The highest BCUT2D eigenvalue weighted by Gasteiger charge is 2.17. The Bertz CT molecular complexity index is 2620. The van der Waals surface area contributed by atoms with Crippen LogP contribution >= 0.6 is 0 Å². The highest BCUT2D eigenvalue weighted by atomic mass is 14.9. The minimum Gasteiger partial charge on any atom is -0.227 e. The van der Waals surface area contributed by atoms with Crippen LogP contribution in [0, 0.1) is 0 Å². The van der Waals surface area contributed by atoms with Gasteiger partial charge in [0.05, 0.1) is 11.2 Å². The minimum absolute atomic E-state index is 0.720. The molecule has 0 aliphatic carbocycles. The normalized spacial score (nSPS) is 11.2. The second kappa shape index (κ2) is 12.8. The second-order valence-electron chi connectivity index (χ2n) is 12.6. The van der Waals surface area contributed by atoms with Gasteiger partial charge in [-0.15, -0.1) is 0 Å². The third kappa shape index (κ3) is 5.53. The lowest BCUT2D eigenvalue weighted by Crippen LogP contribution is -1.97. The van der Waals surface area contributed by atoms with Gasteiger partial charge in [0.2, 0.25) is 0 Å². The fourth-order valence-corrected chi connectivity index (χ4v) is 6.96. The molecule has 0 unspecified atom stereocenters. The molecule has 9 rings (SSSR count). The molecule has 2 heteroatoms. The molecule has 0 bridgehead atoms. The Hall–Kier alpha value is -6.64. The van der Waals surface area contributed by atoms with Crippen LogP contribution in [0.15, 0.2) is 194 Å². The summed E-state index contributed by atoms with van der Waals surface area (Å²) in [6.07, 6.45) is 0. The van der Waals surface area contributed by atoms with E-state index in [-0.39, 0.29) is 0 Å². The molecule has 1 heterocycles. The van der Waals surface area contributed by atoms with Crippen LogP contribution in [-0.2, 0) is 0 Å². The largest absolute Gasteiger partial charge is 0.227 e. The fraction of sp³-hybridized carbons (Fsp3) is 0. The first-order valence-electron chi connectivity index (χ1n) is 17.0. The van der Waals surface area contributed by atoms with E-state index in [4.69, 9.17) is 9.97 Å². The van der Waals surface area contributed by atoms with Crippen LogP contribution in [0.5, 0.6) is 0 Å². The summed E-state index contributed by atoms with van der Waals surface area (Å²) in [5, 5.41) is 3.33. The van der Waals surface area contributed by atoms with E-state index >= 15 is 0 Å². The van der Waals surface area contributed by atoms with E-state index in [1.165, 1.54) is 27.8 Å². The van der Waals surface area contributed by atoms with Crippen LogP contribution in [0.3, 0.4) is 0 Å². The Balaban J connectivity index is 1.14. The van der Waals surface area contributed by atoms with Crippen molar-refractivity contribution in [2.75, 3.05) is 0 Å². The molecule has 0 amide bonds. The van der Waals surface area contributed by atoms with Crippen LogP contribution in [0.25, 0.3) is 88.8 Å². The third-order valence-electron chi connectivity index (χ3n) is 9.50. The number of fused-ring (bicyclic) bond motifs is 3. The van der Waals surface area contributed by atoms with Gasteiger partial charge in [-0.05, 0) is 68.1 Å². The maximum absolute atomic E-state index is 5.31. The molecule has 0 saturated heterocycles. The maximum Gasteiger partial charge on any atom is 0.161 e. The lowest BCUT2D eigenvalue weighted by molar-refractivity contribution is 1.23. The highest BCUT2D eigenvalue weighted by molar-refractivity contribution is 6.10. The van der Waals surface area contributed by atoms with Gasteiger partial charge in [-0.2, -0.15) is 0 Å². The molecular formula is C48H32N2. The summed E-state index contributed by atoms with van der Waals surface area (Å²) in [4.78, 5) is 10.6. The van der Waals surface area contributed by atoms with Crippen molar-refractivity contribution in [1.29, 1.82) is 0 Å². The summed E-state index contributed by atoms with van der Waals surface area (Å²) in [6.45, 7) is 0.